The number of carbonyl (C=O) groups is 1. The van der Waals surface area contributed by atoms with Crippen molar-refractivity contribution in [3.8, 4) is 0 Å². The molecule has 0 spiro atoms. The van der Waals surface area contributed by atoms with E-state index in [1.807, 2.05) is 0 Å². The molecule has 0 radical (unpaired) electrons. The SMILES string of the molecule is NC(=O)C(CO)(CO)CCO. The second kappa shape index (κ2) is 4.27. The van der Waals surface area contributed by atoms with Crippen LogP contribution in [0.3, 0.4) is 0 Å². The fourth-order valence-electron chi connectivity index (χ4n) is 0.701. The Hall–Kier alpha value is -0.650. The zero-order chi connectivity index (χ0) is 8.91. The molecule has 0 aromatic carbocycles. The van der Waals surface area contributed by atoms with E-state index in [1.165, 1.54) is 0 Å². The number of carbonyl (C=O) groups excluding carboxylic acids is 1. The zero-order valence-corrected chi connectivity index (χ0v) is 6.16. The third-order valence-corrected chi connectivity index (χ3v) is 1.72. The first-order valence-corrected chi connectivity index (χ1v) is 3.25. The molecule has 0 aliphatic carbocycles. The number of hydrogen-bond donors (Lipinski definition) is 4. The van der Waals surface area contributed by atoms with Crippen LogP contribution in [0.4, 0.5) is 0 Å². The van der Waals surface area contributed by atoms with Crippen LogP contribution < -0.4 is 5.73 Å². The molecule has 0 fully saturated rings. The monoisotopic (exact) mass is 163 g/mol. The molecule has 0 aliphatic rings. The van der Waals surface area contributed by atoms with E-state index in [4.69, 9.17) is 21.1 Å². The lowest BCUT2D eigenvalue weighted by Crippen LogP contribution is -2.44. The van der Waals surface area contributed by atoms with E-state index < -0.39 is 24.5 Å². The molecule has 11 heavy (non-hydrogen) atoms. The van der Waals surface area contributed by atoms with E-state index in [0.717, 1.165) is 0 Å². The summed E-state index contributed by atoms with van der Waals surface area (Å²) >= 11 is 0. The van der Waals surface area contributed by atoms with Gasteiger partial charge in [-0.15, -0.1) is 0 Å². The van der Waals surface area contributed by atoms with Gasteiger partial charge in [-0.2, -0.15) is 0 Å². The maximum atomic E-state index is 10.7. The largest absolute Gasteiger partial charge is 0.396 e. The lowest BCUT2D eigenvalue weighted by atomic mass is 9.86. The molecule has 0 unspecified atom stereocenters. The van der Waals surface area contributed by atoms with E-state index >= 15 is 0 Å². The summed E-state index contributed by atoms with van der Waals surface area (Å²) < 4.78 is 0. The van der Waals surface area contributed by atoms with Crippen molar-refractivity contribution in [2.75, 3.05) is 19.8 Å². The standard InChI is InChI=1S/C6H13NO4/c7-5(11)6(3-9,4-10)1-2-8/h8-10H,1-4H2,(H2,7,11). The van der Waals surface area contributed by atoms with E-state index in [1.54, 1.807) is 0 Å². The maximum absolute atomic E-state index is 10.7. The van der Waals surface area contributed by atoms with E-state index in [2.05, 4.69) is 0 Å². The Morgan fingerprint density at radius 1 is 1.27 bits per heavy atom. The van der Waals surface area contributed by atoms with Crippen LogP contribution in [0.25, 0.3) is 0 Å². The number of primary amides is 1. The molecule has 0 atom stereocenters. The first-order valence-electron chi connectivity index (χ1n) is 3.25. The Morgan fingerprint density at radius 3 is 1.82 bits per heavy atom. The molecule has 0 saturated carbocycles. The third-order valence-electron chi connectivity index (χ3n) is 1.72. The number of rotatable bonds is 5. The minimum absolute atomic E-state index is 0.0185. The summed E-state index contributed by atoms with van der Waals surface area (Å²) in [6, 6.07) is 0. The average molecular weight is 163 g/mol. The molecule has 0 bridgehead atoms. The van der Waals surface area contributed by atoms with Crippen molar-refractivity contribution in [2.24, 2.45) is 11.1 Å². The first-order chi connectivity index (χ1) is 5.13. The van der Waals surface area contributed by atoms with Gasteiger partial charge in [0.1, 0.15) is 0 Å². The van der Waals surface area contributed by atoms with Crippen LogP contribution in [0.15, 0.2) is 0 Å². The van der Waals surface area contributed by atoms with Gasteiger partial charge in [-0.05, 0) is 6.42 Å². The molecular weight excluding hydrogens is 150 g/mol. The molecule has 0 rings (SSSR count). The Labute approximate surface area is 64.4 Å². The fraction of sp³-hybridized carbons (Fsp3) is 0.833. The van der Waals surface area contributed by atoms with Crippen LogP contribution in [-0.2, 0) is 4.79 Å². The molecule has 5 nitrogen and oxygen atoms in total. The van der Waals surface area contributed by atoms with Crippen LogP contribution in [0, 0.1) is 5.41 Å². The predicted molar refractivity (Wildman–Crippen MR) is 37.5 cm³/mol. The molecule has 66 valence electrons. The van der Waals surface area contributed by atoms with Crippen LogP contribution >= 0.6 is 0 Å². The van der Waals surface area contributed by atoms with Crippen molar-refractivity contribution >= 4 is 5.91 Å². The number of hydrogen-bond acceptors (Lipinski definition) is 4. The topological polar surface area (TPSA) is 104 Å². The van der Waals surface area contributed by atoms with E-state index in [9.17, 15) is 4.79 Å². The van der Waals surface area contributed by atoms with Gasteiger partial charge in [0.15, 0.2) is 0 Å². The first kappa shape index (κ1) is 10.3. The highest BCUT2D eigenvalue weighted by molar-refractivity contribution is 5.81. The van der Waals surface area contributed by atoms with Gasteiger partial charge in [0.05, 0.1) is 18.6 Å². The molecule has 0 saturated heterocycles. The Kier molecular flexibility index (Phi) is 4.02. The van der Waals surface area contributed by atoms with Gasteiger partial charge in [0, 0.05) is 6.61 Å². The highest BCUT2D eigenvalue weighted by Crippen LogP contribution is 2.19. The quantitative estimate of drug-likeness (QED) is 0.370. The molecule has 0 aliphatic heterocycles. The van der Waals surface area contributed by atoms with Crippen LogP contribution in [0.1, 0.15) is 6.42 Å². The number of nitrogens with two attached hydrogens (primary N) is 1. The number of aliphatic hydroxyl groups is 3. The highest BCUT2D eigenvalue weighted by atomic mass is 16.3. The van der Waals surface area contributed by atoms with Crippen molar-refractivity contribution in [3.05, 3.63) is 0 Å². The molecule has 5 N–H and O–H groups in total. The summed E-state index contributed by atoms with van der Waals surface area (Å²) in [5.41, 5.74) is 3.54. The van der Waals surface area contributed by atoms with Gasteiger partial charge in [0.2, 0.25) is 5.91 Å². The van der Waals surface area contributed by atoms with Crippen molar-refractivity contribution < 1.29 is 20.1 Å². The summed E-state index contributed by atoms with van der Waals surface area (Å²) in [4.78, 5) is 10.7. The molecule has 0 heterocycles. The Morgan fingerprint density at radius 2 is 1.73 bits per heavy atom. The molecule has 0 aromatic heterocycles. The number of amides is 1. The van der Waals surface area contributed by atoms with Crippen LogP contribution in [0.2, 0.25) is 0 Å². The number of aliphatic hydroxyl groups excluding tert-OH is 3. The average Bonchev–Trinajstić information content (AvgIpc) is 2.00. The lowest BCUT2D eigenvalue weighted by Gasteiger charge is -2.24. The smallest absolute Gasteiger partial charge is 0.228 e. The van der Waals surface area contributed by atoms with Crippen LogP contribution in [-0.4, -0.2) is 41.0 Å². The van der Waals surface area contributed by atoms with Crippen molar-refractivity contribution in [1.29, 1.82) is 0 Å². The summed E-state index contributed by atoms with van der Waals surface area (Å²) in [6.45, 7) is -1.37. The second-order valence-corrected chi connectivity index (χ2v) is 2.43. The summed E-state index contributed by atoms with van der Waals surface area (Å²) in [5.74, 6) is -0.795. The van der Waals surface area contributed by atoms with Gasteiger partial charge in [-0.3, -0.25) is 4.79 Å². The minimum atomic E-state index is -1.37. The Balaban J connectivity index is 4.32. The molecule has 0 aromatic rings. The summed E-state index contributed by atoms with van der Waals surface area (Å²) in [7, 11) is 0. The molecular formula is C6H13NO4. The van der Waals surface area contributed by atoms with E-state index in [-0.39, 0.29) is 13.0 Å². The molecule has 1 amide bonds. The van der Waals surface area contributed by atoms with Crippen LogP contribution in [0.5, 0.6) is 0 Å². The summed E-state index contributed by atoms with van der Waals surface area (Å²) in [6.07, 6.45) is -0.0185. The van der Waals surface area contributed by atoms with Crippen molar-refractivity contribution in [3.63, 3.8) is 0 Å². The molecule has 5 heteroatoms. The zero-order valence-electron chi connectivity index (χ0n) is 6.16. The van der Waals surface area contributed by atoms with Gasteiger partial charge >= 0.3 is 0 Å². The minimum Gasteiger partial charge on any atom is -0.396 e. The normalized spacial score (nSPS) is 11.5. The van der Waals surface area contributed by atoms with Gasteiger partial charge < -0.3 is 21.1 Å². The maximum Gasteiger partial charge on any atom is 0.228 e. The van der Waals surface area contributed by atoms with E-state index in [0.29, 0.717) is 0 Å². The summed E-state index contributed by atoms with van der Waals surface area (Å²) in [5, 5.41) is 25.9. The van der Waals surface area contributed by atoms with Gasteiger partial charge in [-0.25, -0.2) is 0 Å². The van der Waals surface area contributed by atoms with Gasteiger partial charge in [0.25, 0.3) is 0 Å². The highest BCUT2D eigenvalue weighted by Gasteiger charge is 2.34. The lowest BCUT2D eigenvalue weighted by molar-refractivity contribution is -0.134. The second-order valence-electron chi connectivity index (χ2n) is 2.43. The third kappa shape index (κ3) is 2.14. The van der Waals surface area contributed by atoms with Gasteiger partial charge in [-0.1, -0.05) is 0 Å². The van der Waals surface area contributed by atoms with Crippen molar-refractivity contribution in [1.82, 2.24) is 0 Å². The Bertz CT molecular complexity index is 133. The predicted octanol–water partition coefficient (Wildman–Crippen LogP) is -2.17. The fourth-order valence-corrected chi connectivity index (χ4v) is 0.701. The van der Waals surface area contributed by atoms with Crippen molar-refractivity contribution in [2.45, 2.75) is 6.42 Å².